The molecule has 1 aliphatic heterocycles. The van der Waals surface area contributed by atoms with E-state index >= 15 is 0 Å². The third-order valence-corrected chi connectivity index (χ3v) is 4.80. The van der Waals surface area contributed by atoms with Crippen molar-refractivity contribution in [3.63, 3.8) is 0 Å². The van der Waals surface area contributed by atoms with Crippen LogP contribution in [0.2, 0.25) is 0 Å². The number of esters is 1. The summed E-state index contributed by atoms with van der Waals surface area (Å²) in [6.07, 6.45) is 4.12. The van der Waals surface area contributed by atoms with Crippen LogP contribution in [0.3, 0.4) is 0 Å². The van der Waals surface area contributed by atoms with Gasteiger partial charge in [-0.1, -0.05) is 6.07 Å². The zero-order valence-corrected chi connectivity index (χ0v) is 14.5. The van der Waals surface area contributed by atoms with E-state index < -0.39 is 5.97 Å². The highest BCUT2D eigenvalue weighted by Crippen LogP contribution is 2.27. The number of fused-ring (bicyclic) bond motifs is 2. The molecule has 0 unspecified atom stereocenters. The standard InChI is InChI=1S/C21H20O5/c22-19(16-5-7-20-17(10-16)8-9-24-20)12-26-21(23)13-25-18-6-4-14-2-1-3-15(14)11-18/h4-7,10-11H,1-3,8-9,12-13H2. The number of rotatable bonds is 6. The lowest BCUT2D eigenvalue weighted by Crippen LogP contribution is -2.19. The zero-order chi connectivity index (χ0) is 17.9. The van der Waals surface area contributed by atoms with Crippen LogP contribution in [0.1, 0.15) is 33.5 Å². The fourth-order valence-electron chi connectivity index (χ4n) is 3.41. The molecule has 134 valence electrons. The van der Waals surface area contributed by atoms with E-state index in [4.69, 9.17) is 14.2 Å². The van der Waals surface area contributed by atoms with Gasteiger partial charge >= 0.3 is 5.97 Å². The summed E-state index contributed by atoms with van der Waals surface area (Å²) < 4.78 is 16.0. The van der Waals surface area contributed by atoms with Gasteiger partial charge in [0.1, 0.15) is 11.5 Å². The predicted molar refractivity (Wildman–Crippen MR) is 94.9 cm³/mol. The first-order valence-electron chi connectivity index (χ1n) is 8.88. The van der Waals surface area contributed by atoms with Crippen LogP contribution >= 0.6 is 0 Å². The van der Waals surface area contributed by atoms with E-state index in [0.29, 0.717) is 17.9 Å². The van der Waals surface area contributed by atoms with E-state index in [9.17, 15) is 9.59 Å². The van der Waals surface area contributed by atoms with Gasteiger partial charge in [0.2, 0.25) is 0 Å². The minimum absolute atomic E-state index is 0.204. The lowest BCUT2D eigenvalue weighted by atomic mass is 10.1. The van der Waals surface area contributed by atoms with Crippen LogP contribution in [0.15, 0.2) is 36.4 Å². The van der Waals surface area contributed by atoms with Crippen molar-refractivity contribution in [1.29, 1.82) is 0 Å². The third kappa shape index (κ3) is 3.57. The second-order valence-corrected chi connectivity index (χ2v) is 6.58. The summed E-state index contributed by atoms with van der Waals surface area (Å²) >= 11 is 0. The van der Waals surface area contributed by atoms with Gasteiger partial charge < -0.3 is 14.2 Å². The van der Waals surface area contributed by atoms with Gasteiger partial charge in [-0.05, 0) is 66.3 Å². The lowest BCUT2D eigenvalue weighted by molar-refractivity contribution is -0.144. The number of Topliss-reactive ketones (excluding diaryl/α,β-unsaturated/α-hetero) is 1. The second kappa shape index (κ2) is 7.20. The Kier molecular flexibility index (Phi) is 4.61. The number of benzene rings is 2. The molecular formula is C21H20O5. The predicted octanol–water partition coefficient (Wildman–Crippen LogP) is 2.92. The molecule has 2 aromatic carbocycles. The average molecular weight is 352 g/mol. The molecule has 26 heavy (non-hydrogen) atoms. The molecular weight excluding hydrogens is 332 g/mol. The summed E-state index contributed by atoms with van der Waals surface area (Å²) in [6.45, 7) is 0.151. The van der Waals surface area contributed by atoms with Crippen molar-refractivity contribution in [2.24, 2.45) is 0 Å². The highest BCUT2D eigenvalue weighted by Gasteiger charge is 2.17. The van der Waals surface area contributed by atoms with E-state index in [1.165, 1.54) is 11.1 Å². The van der Waals surface area contributed by atoms with Crippen molar-refractivity contribution in [3.8, 4) is 11.5 Å². The zero-order valence-electron chi connectivity index (χ0n) is 14.5. The number of hydrogen-bond donors (Lipinski definition) is 0. The first-order chi connectivity index (χ1) is 12.7. The Bertz CT molecular complexity index is 855. The molecule has 0 atom stereocenters. The summed E-state index contributed by atoms with van der Waals surface area (Å²) in [6, 6.07) is 11.2. The van der Waals surface area contributed by atoms with Crippen LogP contribution in [-0.4, -0.2) is 31.6 Å². The van der Waals surface area contributed by atoms with Gasteiger partial charge in [0.15, 0.2) is 19.0 Å². The molecule has 0 N–H and O–H groups in total. The fraction of sp³-hybridized carbons (Fsp3) is 0.333. The Labute approximate surface area is 151 Å². The maximum atomic E-state index is 12.2. The van der Waals surface area contributed by atoms with E-state index in [2.05, 4.69) is 0 Å². The minimum Gasteiger partial charge on any atom is -0.493 e. The molecule has 2 aromatic rings. The Morgan fingerprint density at radius 1 is 0.923 bits per heavy atom. The molecule has 1 heterocycles. The monoisotopic (exact) mass is 352 g/mol. The molecule has 4 rings (SSSR count). The molecule has 5 nitrogen and oxygen atoms in total. The first-order valence-corrected chi connectivity index (χ1v) is 8.88. The van der Waals surface area contributed by atoms with Crippen LogP contribution in [0.5, 0.6) is 11.5 Å². The topological polar surface area (TPSA) is 61.8 Å². The SMILES string of the molecule is O=C(COc1ccc2c(c1)CCC2)OCC(=O)c1ccc2c(c1)CCO2. The maximum Gasteiger partial charge on any atom is 0.344 e. The molecule has 0 saturated carbocycles. The molecule has 1 aliphatic carbocycles. The Morgan fingerprint density at radius 3 is 2.73 bits per heavy atom. The van der Waals surface area contributed by atoms with Crippen LogP contribution in [0.4, 0.5) is 0 Å². The molecule has 0 saturated heterocycles. The van der Waals surface area contributed by atoms with Gasteiger partial charge in [-0.15, -0.1) is 0 Å². The molecule has 5 heteroatoms. The second-order valence-electron chi connectivity index (χ2n) is 6.58. The molecule has 0 spiro atoms. The van der Waals surface area contributed by atoms with Crippen LogP contribution < -0.4 is 9.47 Å². The number of aryl methyl sites for hydroxylation is 2. The number of ether oxygens (including phenoxy) is 3. The summed E-state index contributed by atoms with van der Waals surface area (Å²) in [5, 5.41) is 0. The summed E-state index contributed by atoms with van der Waals surface area (Å²) in [5.74, 6) is 0.697. The van der Waals surface area contributed by atoms with Gasteiger partial charge in [-0.3, -0.25) is 4.79 Å². The highest BCUT2D eigenvalue weighted by molar-refractivity contribution is 5.98. The van der Waals surface area contributed by atoms with Crippen molar-refractivity contribution in [2.75, 3.05) is 19.8 Å². The van der Waals surface area contributed by atoms with Gasteiger partial charge in [0, 0.05) is 12.0 Å². The summed E-state index contributed by atoms with van der Waals surface area (Å²) in [4.78, 5) is 24.0. The highest BCUT2D eigenvalue weighted by atomic mass is 16.6. The quantitative estimate of drug-likeness (QED) is 0.591. The average Bonchev–Trinajstić information content (AvgIpc) is 3.32. The van der Waals surface area contributed by atoms with E-state index in [0.717, 1.165) is 37.0 Å². The van der Waals surface area contributed by atoms with Gasteiger partial charge in [-0.25, -0.2) is 4.79 Å². The lowest BCUT2D eigenvalue weighted by Gasteiger charge is -2.08. The largest absolute Gasteiger partial charge is 0.493 e. The smallest absolute Gasteiger partial charge is 0.344 e. The molecule has 0 radical (unpaired) electrons. The number of carbonyl (C=O) groups is 2. The fourth-order valence-corrected chi connectivity index (χ4v) is 3.41. The van der Waals surface area contributed by atoms with Gasteiger partial charge in [0.25, 0.3) is 0 Å². The van der Waals surface area contributed by atoms with Crippen molar-refractivity contribution >= 4 is 11.8 Å². The molecule has 0 bridgehead atoms. The van der Waals surface area contributed by atoms with E-state index in [-0.39, 0.29) is 19.0 Å². The molecule has 2 aliphatic rings. The van der Waals surface area contributed by atoms with Crippen molar-refractivity contribution < 1.29 is 23.8 Å². The van der Waals surface area contributed by atoms with Crippen LogP contribution in [0, 0.1) is 0 Å². The number of hydrogen-bond acceptors (Lipinski definition) is 5. The van der Waals surface area contributed by atoms with E-state index in [1.54, 1.807) is 18.2 Å². The summed E-state index contributed by atoms with van der Waals surface area (Å²) in [5.41, 5.74) is 4.18. The Balaban J connectivity index is 1.26. The number of ketones is 1. The summed E-state index contributed by atoms with van der Waals surface area (Å²) in [7, 11) is 0. The van der Waals surface area contributed by atoms with Crippen molar-refractivity contribution in [3.05, 3.63) is 58.7 Å². The maximum absolute atomic E-state index is 12.2. The molecule has 0 fully saturated rings. The number of carbonyl (C=O) groups excluding carboxylic acids is 2. The molecule has 0 amide bonds. The van der Waals surface area contributed by atoms with Crippen LogP contribution in [-0.2, 0) is 28.8 Å². The van der Waals surface area contributed by atoms with E-state index in [1.807, 2.05) is 18.2 Å². The first kappa shape index (κ1) is 16.6. The Hall–Kier alpha value is -2.82. The normalized spacial score (nSPS) is 14.3. The van der Waals surface area contributed by atoms with Crippen molar-refractivity contribution in [2.45, 2.75) is 25.7 Å². The van der Waals surface area contributed by atoms with Gasteiger partial charge in [0.05, 0.1) is 6.61 Å². The minimum atomic E-state index is -0.552. The third-order valence-electron chi connectivity index (χ3n) is 4.80. The van der Waals surface area contributed by atoms with Crippen LogP contribution in [0.25, 0.3) is 0 Å². The van der Waals surface area contributed by atoms with Gasteiger partial charge in [-0.2, -0.15) is 0 Å². The van der Waals surface area contributed by atoms with Crippen molar-refractivity contribution in [1.82, 2.24) is 0 Å². The Morgan fingerprint density at radius 2 is 1.81 bits per heavy atom. The molecule has 0 aromatic heterocycles.